The Bertz CT molecular complexity index is 277. The fraction of sp³-hybridized carbons (Fsp3) is 0.933. The molecule has 0 unspecified atom stereocenters. The summed E-state index contributed by atoms with van der Waals surface area (Å²) in [5, 5.41) is 13.2. The number of aliphatic hydroxyl groups is 1. The zero-order valence-electron chi connectivity index (χ0n) is 11.9. The Labute approximate surface area is 116 Å². The van der Waals surface area contributed by atoms with Gasteiger partial charge in [0.15, 0.2) is 0 Å². The smallest absolute Gasteiger partial charge is 0.234 e. The number of amides is 1. The molecule has 0 aromatic carbocycles. The van der Waals surface area contributed by atoms with E-state index in [1.807, 2.05) is 0 Å². The van der Waals surface area contributed by atoms with E-state index in [-0.39, 0.29) is 18.1 Å². The van der Waals surface area contributed by atoms with Crippen molar-refractivity contribution in [3.8, 4) is 0 Å². The van der Waals surface area contributed by atoms with E-state index >= 15 is 0 Å². The topological polar surface area (TPSA) is 52.6 Å². The van der Waals surface area contributed by atoms with Crippen LogP contribution in [-0.4, -0.2) is 47.7 Å². The van der Waals surface area contributed by atoms with Crippen LogP contribution >= 0.6 is 0 Å². The Morgan fingerprint density at radius 3 is 2.37 bits per heavy atom. The summed E-state index contributed by atoms with van der Waals surface area (Å²) >= 11 is 0. The average Bonchev–Trinajstić information content (AvgIpc) is 2.40. The maximum absolute atomic E-state index is 12.1. The van der Waals surface area contributed by atoms with Crippen molar-refractivity contribution >= 4 is 5.91 Å². The van der Waals surface area contributed by atoms with E-state index in [9.17, 15) is 9.90 Å². The van der Waals surface area contributed by atoms with E-state index in [4.69, 9.17) is 0 Å². The third-order valence-electron chi connectivity index (χ3n) is 4.39. The van der Waals surface area contributed by atoms with Gasteiger partial charge in [0.2, 0.25) is 5.91 Å². The molecule has 1 aliphatic heterocycles. The van der Waals surface area contributed by atoms with Gasteiger partial charge >= 0.3 is 0 Å². The van der Waals surface area contributed by atoms with Crippen LogP contribution in [0.1, 0.15) is 57.8 Å². The highest BCUT2D eigenvalue weighted by molar-refractivity contribution is 5.78. The van der Waals surface area contributed by atoms with Crippen molar-refractivity contribution in [1.29, 1.82) is 0 Å². The quantitative estimate of drug-likeness (QED) is 0.818. The lowest BCUT2D eigenvalue weighted by atomic mass is 9.94. The highest BCUT2D eigenvalue weighted by Gasteiger charge is 2.23. The largest absolute Gasteiger partial charge is 0.391 e. The van der Waals surface area contributed by atoms with Gasteiger partial charge in [-0.05, 0) is 38.8 Å². The molecule has 0 bridgehead atoms. The molecular weight excluding hydrogens is 240 g/mol. The van der Waals surface area contributed by atoms with E-state index < -0.39 is 0 Å². The number of hydrogen-bond acceptors (Lipinski definition) is 3. The first-order valence-corrected chi connectivity index (χ1v) is 7.95. The van der Waals surface area contributed by atoms with Crippen molar-refractivity contribution < 1.29 is 9.90 Å². The second-order valence-corrected chi connectivity index (χ2v) is 6.07. The summed E-state index contributed by atoms with van der Waals surface area (Å²) in [5.41, 5.74) is 0. The Kier molecular flexibility index (Phi) is 6.11. The number of carbonyl (C=O) groups excluding carboxylic acids is 1. The highest BCUT2D eigenvalue weighted by Crippen LogP contribution is 2.18. The van der Waals surface area contributed by atoms with Crippen LogP contribution in [0.4, 0.5) is 0 Å². The first-order chi connectivity index (χ1) is 9.25. The first-order valence-electron chi connectivity index (χ1n) is 7.95. The molecule has 19 heavy (non-hydrogen) atoms. The zero-order valence-corrected chi connectivity index (χ0v) is 11.9. The summed E-state index contributed by atoms with van der Waals surface area (Å²) in [6.07, 6.45) is 9.74. The van der Waals surface area contributed by atoms with Crippen LogP contribution in [0.15, 0.2) is 0 Å². The van der Waals surface area contributed by atoms with Gasteiger partial charge in [0.25, 0.3) is 0 Å². The minimum atomic E-state index is -0.356. The number of nitrogens with one attached hydrogen (secondary N) is 1. The molecule has 2 rings (SSSR count). The third kappa shape index (κ3) is 5.11. The molecule has 0 aromatic rings. The Balaban J connectivity index is 1.75. The molecular formula is C15H28N2O2. The van der Waals surface area contributed by atoms with Crippen LogP contribution < -0.4 is 5.32 Å². The van der Waals surface area contributed by atoms with Gasteiger partial charge in [0, 0.05) is 0 Å². The predicted molar refractivity (Wildman–Crippen MR) is 75.9 cm³/mol. The van der Waals surface area contributed by atoms with Gasteiger partial charge < -0.3 is 10.4 Å². The number of aliphatic hydroxyl groups excluding tert-OH is 1. The van der Waals surface area contributed by atoms with Gasteiger partial charge in [-0.3, -0.25) is 9.69 Å². The minimum Gasteiger partial charge on any atom is -0.391 e. The zero-order chi connectivity index (χ0) is 13.5. The lowest BCUT2D eigenvalue weighted by Crippen LogP contribution is -2.48. The molecule has 0 radical (unpaired) electrons. The molecule has 1 heterocycles. The van der Waals surface area contributed by atoms with Crippen molar-refractivity contribution in [3.05, 3.63) is 0 Å². The summed E-state index contributed by atoms with van der Waals surface area (Å²) in [6, 6.07) is -0.0300. The van der Waals surface area contributed by atoms with Gasteiger partial charge in [0.1, 0.15) is 0 Å². The molecule has 4 heteroatoms. The molecule has 1 aliphatic carbocycles. The van der Waals surface area contributed by atoms with E-state index in [0.717, 1.165) is 38.8 Å². The number of rotatable bonds is 3. The molecule has 1 saturated heterocycles. The number of nitrogens with zero attached hydrogens (tertiary/aromatic N) is 1. The lowest BCUT2D eigenvalue weighted by Gasteiger charge is -2.29. The molecule has 2 atom stereocenters. The SMILES string of the molecule is O=C(CN1CCCCC1)N[C@H]1CCCCCC[C@@H]1O. The molecule has 2 aliphatic rings. The summed E-state index contributed by atoms with van der Waals surface area (Å²) in [4.78, 5) is 14.3. The van der Waals surface area contributed by atoms with E-state index in [1.54, 1.807) is 0 Å². The van der Waals surface area contributed by atoms with Gasteiger partial charge in [-0.1, -0.05) is 32.1 Å². The summed E-state index contributed by atoms with van der Waals surface area (Å²) in [6.45, 7) is 2.59. The van der Waals surface area contributed by atoms with E-state index in [2.05, 4.69) is 10.2 Å². The van der Waals surface area contributed by atoms with Gasteiger partial charge in [-0.2, -0.15) is 0 Å². The van der Waals surface area contributed by atoms with E-state index in [1.165, 1.54) is 32.1 Å². The molecule has 2 fully saturated rings. The van der Waals surface area contributed by atoms with Crippen molar-refractivity contribution in [2.24, 2.45) is 0 Å². The van der Waals surface area contributed by atoms with Crippen LogP contribution in [-0.2, 0) is 4.79 Å². The van der Waals surface area contributed by atoms with Crippen LogP contribution in [0, 0.1) is 0 Å². The molecule has 2 N–H and O–H groups in total. The Morgan fingerprint density at radius 2 is 1.63 bits per heavy atom. The van der Waals surface area contributed by atoms with E-state index in [0.29, 0.717) is 6.54 Å². The van der Waals surface area contributed by atoms with Crippen molar-refractivity contribution in [1.82, 2.24) is 10.2 Å². The molecule has 4 nitrogen and oxygen atoms in total. The second-order valence-electron chi connectivity index (χ2n) is 6.07. The number of piperidine rings is 1. The van der Waals surface area contributed by atoms with Crippen molar-refractivity contribution in [3.63, 3.8) is 0 Å². The van der Waals surface area contributed by atoms with Crippen molar-refractivity contribution in [2.45, 2.75) is 69.9 Å². The molecule has 1 amide bonds. The Morgan fingerprint density at radius 1 is 1.00 bits per heavy atom. The van der Waals surface area contributed by atoms with Gasteiger partial charge in [-0.25, -0.2) is 0 Å². The highest BCUT2D eigenvalue weighted by atomic mass is 16.3. The summed E-state index contributed by atoms with van der Waals surface area (Å²) in [7, 11) is 0. The average molecular weight is 268 g/mol. The van der Waals surface area contributed by atoms with Crippen molar-refractivity contribution in [2.75, 3.05) is 19.6 Å². The van der Waals surface area contributed by atoms with Crippen LogP contribution in [0.5, 0.6) is 0 Å². The molecule has 110 valence electrons. The Hall–Kier alpha value is -0.610. The second kappa shape index (κ2) is 7.85. The number of carbonyl (C=O) groups is 1. The lowest BCUT2D eigenvalue weighted by molar-refractivity contribution is -0.124. The summed E-state index contributed by atoms with van der Waals surface area (Å²) < 4.78 is 0. The molecule has 0 spiro atoms. The van der Waals surface area contributed by atoms with Crippen LogP contribution in [0.3, 0.4) is 0 Å². The molecule has 1 saturated carbocycles. The standard InChI is InChI=1S/C15H28N2O2/c18-14-9-5-2-1-4-8-13(14)16-15(19)12-17-10-6-3-7-11-17/h13-14,18H,1-12H2,(H,16,19)/t13-,14-/m0/s1. The summed E-state index contributed by atoms with van der Waals surface area (Å²) in [5.74, 6) is 0.0894. The monoisotopic (exact) mass is 268 g/mol. The van der Waals surface area contributed by atoms with Crippen LogP contribution in [0.2, 0.25) is 0 Å². The predicted octanol–water partition coefficient (Wildman–Crippen LogP) is 1.67. The van der Waals surface area contributed by atoms with Gasteiger partial charge in [-0.15, -0.1) is 0 Å². The number of hydrogen-bond donors (Lipinski definition) is 2. The first kappa shape index (κ1) is 14.8. The van der Waals surface area contributed by atoms with Crippen LogP contribution in [0.25, 0.3) is 0 Å². The third-order valence-corrected chi connectivity index (χ3v) is 4.39. The maximum atomic E-state index is 12.1. The van der Waals surface area contributed by atoms with Gasteiger partial charge in [0.05, 0.1) is 18.7 Å². The maximum Gasteiger partial charge on any atom is 0.234 e. The number of likely N-dealkylation sites (tertiary alicyclic amines) is 1. The molecule has 0 aromatic heterocycles. The normalized spacial score (nSPS) is 30.4. The fourth-order valence-corrected chi connectivity index (χ4v) is 3.21. The fourth-order valence-electron chi connectivity index (χ4n) is 3.21. The minimum absolute atomic E-state index is 0.0300.